The van der Waals surface area contributed by atoms with Crippen LogP contribution in [0.4, 0.5) is 5.82 Å². The molecule has 5 heteroatoms. The molecule has 1 atom stereocenters. The van der Waals surface area contributed by atoms with Gasteiger partial charge in [-0.1, -0.05) is 26.5 Å². The van der Waals surface area contributed by atoms with E-state index in [1.54, 1.807) is 24.4 Å². The summed E-state index contributed by atoms with van der Waals surface area (Å²) in [7, 11) is 0. The van der Waals surface area contributed by atoms with Crippen molar-refractivity contribution in [2.75, 3.05) is 5.32 Å². The molecule has 1 heterocycles. The second-order valence-corrected chi connectivity index (χ2v) is 6.22. The molecule has 122 valence electrons. The predicted octanol–water partition coefficient (Wildman–Crippen LogP) is 2.81. The smallest absolute Gasteiger partial charge is 0.257 e. The number of pyridine rings is 1. The van der Waals surface area contributed by atoms with Crippen molar-refractivity contribution < 1.29 is 9.59 Å². The number of amides is 1. The second-order valence-electron chi connectivity index (χ2n) is 6.22. The van der Waals surface area contributed by atoms with E-state index < -0.39 is 5.91 Å². The first-order valence-corrected chi connectivity index (χ1v) is 7.83. The molecule has 1 aliphatic rings. The van der Waals surface area contributed by atoms with Crippen LogP contribution in [0.1, 0.15) is 33.1 Å². The summed E-state index contributed by atoms with van der Waals surface area (Å²) in [5, 5.41) is 2.64. The minimum atomic E-state index is -0.446. The third-order valence-corrected chi connectivity index (χ3v) is 4.26. The van der Waals surface area contributed by atoms with Crippen LogP contribution >= 0.6 is 0 Å². The van der Waals surface area contributed by atoms with E-state index in [1.807, 2.05) is 0 Å². The molecular formula is C18H23N3O2. The van der Waals surface area contributed by atoms with Gasteiger partial charge in [0, 0.05) is 29.5 Å². The molecule has 3 N–H and O–H groups in total. The largest absolute Gasteiger partial charge is 0.401 e. The first-order valence-electron chi connectivity index (χ1n) is 7.83. The van der Waals surface area contributed by atoms with Crippen LogP contribution in [0, 0.1) is 11.8 Å². The highest BCUT2D eigenvalue weighted by atomic mass is 16.2. The highest BCUT2D eigenvalue weighted by molar-refractivity contribution is 6.15. The molecule has 0 aliphatic heterocycles. The highest BCUT2D eigenvalue weighted by Crippen LogP contribution is 2.31. The van der Waals surface area contributed by atoms with Crippen molar-refractivity contribution in [2.24, 2.45) is 17.6 Å². The molecule has 2 rings (SSSR count). The molecule has 1 aromatic heterocycles. The molecule has 1 unspecified atom stereocenters. The second kappa shape index (κ2) is 7.22. The maximum Gasteiger partial charge on any atom is 0.257 e. The van der Waals surface area contributed by atoms with Crippen LogP contribution in [0.5, 0.6) is 0 Å². The van der Waals surface area contributed by atoms with E-state index in [0.717, 1.165) is 6.42 Å². The predicted molar refractivity (Wildman–Crippen MR) is 90.4 cm³/mol. The summed E-state index contributed by atoms with van der Waals surface area (Å²) in [6, 6.07) is 5.20. The lowest BCUT2D eigenvalue weighted by molar-refractivity contribution is -0.118. The standard InChI is InChI=1S/C18H23N3O2/c1-11(2)13-7-8-14(19)17(15(22)10-13)12(3)18(23)21-16-6-4-5-9-20-16/h4-6,9,11,13H,3,7-8,10,19H2,1-2H3,(H,20,21,23). The zero-order chi connectivity index (χ0) is 17.0. The summed E-state index contributed by atoms with van der Waals surface area (Å²) in [6.07, 6.45) is 3.45. The van der Waals surface area contributed by atoms with Crippen molar-refractivity contribution in [3.63, 3.8) is 0 Å². The van der Waals surface area contributed by atoms with Gasteiger partial charge in [-0.05, 0) is 36.8 Å². The quantitative estimate of drug-likeness (QED) is 0.837. The van der Waals surface area contributed by atoms with Gasteiger partial charge in [-0.3, -0.25) is 9.59 Å². The molecule has 0 aromatic carbocycles. The number of rotatable bonds is 4. The van der Waals surface area contributed by atoms with E-state index in [1.165, 1.54) is 0 Å². The lowest BCUT2D eigenvalue weighted by Crippen LogP contribution is -2.22. The monoisotopic (exact) mass is 313 g/mol. The molecule has 1 amide bonds. The van der Waals surface area contributed by atoms with Crippen LogP contribution in [-0.4, -0.2) is 16.7 Å². The number of allylic oxidation sites excluding steroid dienone is 1. The molecule has 0 saturated carbocycles. The fraction of sp³-hybridized carbons (Fsp3) is 0.389. The van der Waals surface area contributed by atoms with Crippen LogP contribution in [-0.2, 0) is 9.59 Å². The molecule has 0 spiro atoms. The zero-order valence-corrected chi connectivity index (χ0v) is 13.6. The number of anilines is 1. The summed E-state index contributed by atoms with van der Waals surface area (Å²) in [5.41, 5.74) is 6.92. The van der Waals surface area contributed by atoms with Gasteiger partial charge >= 0.3 is 0 Å². The number of ketones is 1. The molecule has 23 heavy (non-hydrogen) atoms. The Bertz CT molecular complexity index is 647. The summed E-state index contributed by atoms with van der Waals surface area (Å²) < 4.78 is 0. The van der Waals surface area contributed by atoms with Crippen LogP contribution in [0.3, 0.4) is 0 Å². The summed E-state index contributed by atoms with van der Waals surface area (Å²) >= 11 is 0. The number of hydrogen-bond acceptors (Lipinski definition) is 4. The average Bonchev–Trinajstić information content (AvgIpc) is 2.66. The summed E-state index contributed by atoms with van der Waals surface area (Å²) in [4.78, 5) is 28.9. The lowest BCUT2D eigenvalue weighted by Gasteiger charge is -2.17. The van der Waals surface area contributed by atoms with Gasteiger partial charge in [0.25, 0.3) is 5.91 Å². The van der Waals surface area contributed by atoms with E-state index in [2.05, 4.69) is 30.7 Å². The Morgan fingerprint density at radius 3 is 2.78 bits per heavy atom. The number of hydrogen-bond donors (Lipinski definition) is 2. The fourth-order valence-electron chi connectivity index (χ4n) is 2.76. The van der Waals surface area contributed by atoms with Gasteiger partial charge in [0.15, 0.2) is 5.78 Å². The first-order chi connectivity index (χ1) is 10.9. The van der Waals surface area contributed by atoms with E-state index >= 15 is 0 Å². The third-order valence-electron chi connectivity index (χ3n) is 4.26. The van der Waals surface area contributed by atoms with E-state index in [-0.39, 0.29) is 22.8 Å². The Hall–Kier alpha value is -2.43. The molecule has 0 radical (unpaired) electrons. The van der Waals surface area contributed by atoms with Gasteiger partial charge in [-0.15, -0.1) is 0 Å². The van der Waals surface area contributed by atoms with Gasteiger partial charge in [0.1, 0.15) is 5.82 Å². The SMILES string of the molecule is C=C(C(=O)Nc1ccccn1)C1=C(N)CCC(C(C)C)CC1=O. The first kappa shape index (κ1) is 16.9. The van der Waals surface area contributed by atoms with Gasteiger partial charge in [-0.25, -0.2) is 4.98 Å². The Kier molecular flexibility index (Phi) is 5.32. The molecule has 1 aromatic rings. The number of nitrogens with zero attached hydrogens (tertiary/aromatic N) is 1. The Labute approximate surface area is 136 Å². The Morgan fingerprint density at radius 2 is 2.17 bits per heavy atom. The fourth-order valence-corrected chi connectivity index (χ4v) is 2.76. The van der Waals surface area contributed by atoms with Crippen LogP contribution in [0.25, 0.3) is 0 Å². The number of aromatic nitrogens is 1. The van der Waals surface area contributed by atoms with E-state index in [9.17, 15) is 9.59 Å². The van der Waals surface area contributed by atoms with Gasteiger partial charge < -0.3 is 11.1 Å². The zero-order valence-electron chi connectivity index (χ0n) is 13.6. The average molecular weight is 313 g/mol. The minimum absolute atomic E-state index is 0.0973. The molecule has 5 nitrogen and oxygen atoms in total. The summed E-state index contributed by atoms with van der Waals surface area (Å²) in [5.74, 6) is 0.559. The maximum atomic E-state index is 12.5. The number of nitrogens with one attached hydrogen (secondary N) is 1. The molecular weight excluding hydrogens is 290 g/mol. The van der Waals surface area contributed by atoms with Crippen molar-refractivity contribution in [2.45, 2.75) is 33.1 Å². The van der Waals surface area contributed by atoms with E-state index in [0.29, 0.717) is 30.3 Å². The van der Waals surface area contributed by atoms with Crippen LogP contribution in [0.15, 0.2) is 47.8 Å². The minimum Gasteiger partial charge on any atom is -0.401 e. The van der Waals surface area contributed by atoms with Gasteiger partial charge in [0.05, 0.1) is 0 Å². The van der Waals surface area contributed by atoms with Crippen molar-refractivity contribution in [1.82, 2.24) is 4.98 Å². The molecule has 0 bridgehead atoms. The Balaban J connectivity index is 2.16. The maximum absolute atomic E-state index is 12.5. The van der Waals surface area contributed by atoms with Gasteiger partial charge in [0.2, 0.25) is 0 Å². The van der Waals surface area contributed by atoms with Crippen molar-refractivity contribution >= 4 is 17.5 Å². The number of Topliss-reactive ketones (excluding diaryl/α,β-unsaturated/α-hetero) is 1. The summed E-state index contributed by atoms with van der Waals surface area (Å²) in [6.45, 7) is 7.99. The molecule has 1 aliphatic carbocycles. The van der Waals surface area contributed by atoms with Crippen molar-refractivity contribution in [3.8, 4) is 0 Å². The number of nitrogens with two attached hydrogens (primary N) is 1. The Morgan fingerprint density at radius 1 is 1.43 bits per heavy atom. The third kappa shape index (κ3) is 4.06. The number of carbonyl (C=O) groups excluding carboxylic acids is 2. The normalized spacial score (nSPS) is 18.7. The van der Waals surface area contributed by atoms with E-state index in [4.69, 9.17) is 5.73 Å². The topological polar surface area (TPSA) is 85.1 Å². The van der Waals surface area contributed by atoms with Gasteiger partial charge in [-0.2, -0.15) is 0 Å². The molecule has 0 saturated heterocycles. The highest BCUT2D eigenvalue weighted by Gasteiger charge is 2.29. The van der Waals surface area contributed by atoms with Crippen molar-refractivity contribution in [1.29, 1.82) is 0 Å². The van der Waals surface area contributed by atoms with Crippen LogP contribution < -0.4 is 11.1 Å². The number of carbonyl (C=O) groups is 2. The molecule has 0 fully saturated rings. The lowest BCUT2D eigenvalue weighted by atomic mass is 9.87. The van der Waals surface area contributed by atoms with Crippen molar-refractivity contribution in [3.05, 3.63) is 47.8 Å². The van der Waals surface area contributed by atoms with Crippen LogP contribution in [0.2, 0.25) is 0 Å².